The van der Waals surface area contributed by atoms with Crippen LogP contribution in [0.3, 0.4) is 0 Å². The summed E-state index contributed by atoms with van der Waals surface area (Å²) in [6, 6.07) is 0. The van der Waals surface area contributed by atoms with E-state index in [0.29, 0.717) is 18.8 Å². The van der Waals surface area contributed by atoms with Crippen LogP contribution in [0.4, 0.5) is 0 Å². The van der Waals surface area contributed by atoms with Crippen LogP contribution in [0.5, 0.6) is 0 Å². The van der Waals surface area contributed by atoms with Gasteiger partial charge < -0.3 is 4.74 Å². The molecule has 1 aliphatic rings. The first-order valence-corrected chi connectivity index (χ1v) is 6.12. The van der Waals surface area contributed by atoms with Gasteiger partial charge in [-0.3, -0.25) is 9.59 Å². The number of hydrogen-bond donors (Lipinski definition) is 1. The van der Waals surface area contributed by atoms with Crippen molar-refractivity contribution < 1.29 is 14.3 Å². The Morgan fingerprint density at radius 1 is 1.47 bits per heavy atom. The Morgan fingerprint density at radius 3 is 2.53 bits per heavy atom. The van der Waals surface area contributed by atoms with Gasteiger partial charge in [0.2, 0.25) is 0 Å². The smallest absolute Gasteiger partial charge is 0.310 e. The summed E-state index contributed by atoms with van der Waals surface area (Å²) >= 11 is 4.09. The molecule has 0 aromatic carbocycles. The molecule has 86 valence electrons. The fourth-order valence-corrected chi connectivity index (χ4v) is 1.90. The summed E-state index contributed by atoms with van der Waals surface area (Å²) in [4.78, 5) is 23.1. The maximum atomic E-state index is 11.7. The van der Waals surface area contributed by atoms with E-state index in [4.69, 9.17) is 4.74 Å². The lowest BCUT2D eigenvalue weighted by atomic mass is 9.79. The highest BCUT2D eigenvalue weighted by Crippen LogP contribution is 2.29. The van der Waals surface area contributed by atoms with Gasteiger partial charge in [-0.25, -0.2) is 0 Å². The highest BCUT2D eigenvalue weighted by atomic mass is 32.1. The van der Waals surface area contributed by atoms with Crippen molar-refractivity contribution in [2.75, 3.05) is 12.4 Å². The normalized spacial score (nSPS) is 18.0. The van der Waals surface area contributed by atoms with Crippen LogP contribution in [0.1, 0.15) is 32.6 Å². The van der Waals surface area contributed by atoms with Crippen LogP contribution in [0.2, 0.25) is 0 Å². The standard InChI is InChI=1S/C11H18O3S/c1-2-14-11(13)9(7-15)6-10(12)8-4-3-5-8/h8-9,15H,2-7H2,1H3. The number of thiol groups is 1. The third-order valence-electron chi connectivity index (χ3n) is 2.85. The van der Waals surface area contributed by atoms with Gasteiger partial charge in [-0.15, -0.1) is 0 Å². The van der Waals surface area contributed by atoms with Crippen molar-refractivity contribution in [2.24, 2.45) is 11.8 Å². The second-order valence-corrected chi connectivity index (χ2v) is 4.29. The lowest BCUT2D eigenvalue weighted by Gasteiger charge is -2.25. The Balaban J connectivity index is 2.37. The second kappa shape index (κ2) is 6.16. The van der Waals surface area contributed by atoms with Crippen LogP contribution >= 0.6 is 12.6 Å². The van der Waals surface area contributed by atoms with Gasteiger partial charge in [0.15, 0.2) is 0 Å². The highest BCUT2D eigenvalue weighted by molar-refractivity contribution is 7.80. The van der Waals surface area contributed by atoms with Crippen molar-refractivity contribution in [1.82, 2.24) is 0 Å². The molecule has 0 aromatic rings. The fourth-order valence-electron chi connectivity index (χ4n) is 1.62. The summed E-state index contributed by atoms with van der Waals surface area (Å²) in [6.07, 6.45) is 3.41. The van der Waals surface area contributed by atoms with Crippen LogP contribution < -0.4 is 0 Å². The average Bonchev–Trinajstić information content (AvgIpc) is 2.11. The Bertz CT molecular complexity index is 236. The third-order valence-corrected chi connectivity index (χ3v) is 3.29. The lowest BCUT2D eigenvalue weighted by Crippen LogP contribution is -2.28. The van der Waals surface area contributed by atoms with Gasteiger partial charge in [0.1, 0.15) is 5.78 Å². The molecule has 0 saturated heterocycles. The van der Waals surface area contributed by atoms with Crippen molar-refractivity contribution in [3.63, 3.8) is 0 Å². The minimum Gasteiger partial charge on any atom is -0.466 e. The van der Waals surface area contributed by atoms with E-state index in [1.54, 1.807) is 6.92 Å². The van der Waals surface area contributed by atoms with Crippen LogP contribution in [-0.2, 0) is 14.3 Å². The van der Waals surface area contributed by atoms with Gasteiger partial charge in [0.25, 0.3) is 0 Å². The molecule has 0 N–H and O–H groups in total. The van der Waals surface area contributed by atoms with E-state index >= 15 is 0 Å². The second-order valence-electron chi connectivity index (χ2n) is 3.93. The van der Waals surface area contributed by atoms with E-state index in [1.807, 2.05) is 0 Å². The monoisotopic (exact) mass is 230 g/mol. The maximum absolute atomic E-state index is 11.7. The van der Waals surface area contributed by atoms with Crippen molar-refractivity contribution in [2.45, 2.75) is 32.6 Å². The van der Waals surface area contributed by atoms with Crippen LogP contribution in [0, 0.1) is 11.8 Å². The molecule has 15 heavy (non-hydrogen) atoms. The molecule has 0 bridgehead atoms. The molecule has 3 nitrogen and oxygen atoms in total. The molecule has 0 radical (unpaired) electrons. The topological polar surface area (TPSA) is 43.4 Å². The van der Waals surface area contributed by atoms with Crippen LogP contribution in [0.25, 0.3) is 0 Å². The summed E-state index contributed by atoms with van der Waals surface area (Å²) in [5.74, 6) is 0.133. The zero-order valence-corrected chi connectivity index (χ0v) is 9.96. The van der Waals surface area contributed by atoms with Crippen LogP contribution in [0.15, 0.2) is 0 Å². The fraction of sp³-hybridized carbons (Fsp3) is 0.818. The Kier molecular flexibility index (Phi) is 5.15. The zero-order chi connectivity index (χ0) is 11.3. The zero-order valence-electron chi connectivity index (χ0n) is 9.07. The summed E-state index contributed by atoms with van der Waals surface area (Å²) < 4.78 is 4.89. The molecule has 1 saturated carbocycles. The number of carbonyl (C=O) groups is 2. The Labute approximate surface area is 96.0 Å². The van der Waals surface area contributed by atoms with E-state index in [9.17, 15) is 9.59 Å². The number of hydrogen-bond acceptors (Lipinski definition) is 4. The lowest BCUT2D eigenvalue weighted by molar-refractivity contribution is -0.149. The Morgan fingerprint density at radius 2 is 2.13 bits per heavy atom. The number of ether oxygens (including phenoxy) is 1. The van der Waals surface area contributed by atoms with Gasteiger partial charge in [-0.1, -0.05) is 6.42 Å². The number of ketones is 1. The van der Waals surface area contributed by atoms with Crippen molar-refractivity contribution in [3.8, 4) is 0 Å². The van der Waals surface area contributed by atoms with Crippen molar-refractivity contribution in [3.05, 3.63) is 0 Å². The predicted molar refractivity (Wildman–Crippen MR) is 60.9 cm³/mol. The molecule has 1 atom stereocenters. The summed E-state index contributed by atoms with van der Waals surface area (Å²) in [5.41, 5.74) is 0. The van der Waals surface area contributed by atoms with Gasteiger partial charge in [0, 0.05) is 18.1 Å². The quantitative estimate of drug-likeness (QED) is 0.559. The molecule has 0 heterocycles. The minimum absolute atomic E-state index is 0.196. The van der Waals surface area contributed by atoms with E-state index in [2.05, 4.69) is 12.6 Å². The molecule has 0 spiro atoms. The minimum atomic E-state index is -0.360. The Hall–Kier alpha value is -0.510. The molecule has 0 amide bonds. The SMILES string of the molecule is CCOC(=O)C(CS)CC(=O)C1CCC1. The number of Topliss-reactive ketones (excluding diaryl/α,β-unsaturated/α-hetero) is 1. The molecule has 1 fully saturated rings. The molecular formula is C11H18O3S. The van der Waals surface area contributed by atoms with Crippen LogP contribution in [-0.4, -0.2) is 24.1 Å². The first-order chi connectivity index (χ1) is 7.19. The molecule has 1 rings (SSSR count). The van der Waals surface area contributed by atoms with E-state index in [1.165, 1.54) is 0 Å². The summed E-state index contributed by atoms with van der Waals surface area (Å²) in [6.45, 7) is 2.13. The van der Waals surface area contributed by atoms with Gasteiger partial charge >= 0.3 is 5.97 Å². The summed E-state index contributed by atoms with van der Waals surface area (Å²) in [7, 11) is 0. The van der Waals surface area contributed by atoms with Gasteiger partial charge in [-0.05, 0) is 19.8 Å². The average molecular weight is 230 g/mol. The molecule has 4 heteroatoms. The third kappa shape index (κ3) is 3.52. The first-order valence-electron chi connectivity index (χ1n) is 5.49. The molecular weight excluding hydrogens is 212 g/mol. The summed E-state index contributed by atoms with van der Waals surface area (Å²) in [5, 5.41) is 0. The molecule has 0 aromatic heterocycles. The molecule has 1 aliphatic carbocycles. The number of carbonyl (C=O) groups excluding carboxylic acids is 2. The largest absolute Gasteiger partial charge is 0.466 e. The van der Waals surface area contributed by atoms with Crippen molar-refractivity contribution in [1.29, 1.82) is 0 Å². The molecule has 0 aliphatic heterocycles. The number of rotatable bonds is 6. The molecule has 1 unspecified atom stereocenters. The van der Waals surface area contributed by atoms with Crippen molar-refractivity contribution >= 4 is 24.4 Å². The van der Waals surface area contributed by atoms with E-state index in [-0.39, 0.29) is 23.6 Å². The maximum Gasteiger partial charge on any atom is 0.310 e. The highest BCUT2D eigenvalue weighted by Gasteiger charge is 2.29. The van der Waals surface area contributed by atoms with E-state index < -0.39 is 0 Å². The van der Waals surface area contributed by atoms with E-state index in [0.717, 1.165) is 19.3 Å². The van der Waals surface area contributed by atoms with Gasteiger partial charge in [-0.2, -0.15) is 12.6 Å². The first kappa shape index (κ1) is 12.6. The predicted octanol–water partition coefficient (Wildman–Crippen LogP) is 1.85. The van der Waals surface area contributed by atoms with Gasteiger partial charge in [0.05, 0.1) is 12.5 Å². The number of esters is 1.